The Morgan fingerprint density at radius 1 is 1.24 bits per heavy atom. The van der Waals surface area contributed by atoms with Crippen LogP contribution in [-0.2, 0) is 0 Å². The molecule has 1 saturated carbocycles. The van der Waals surface area contributed by atoms with Crippen LogP contribution in [0.5, 0.6) is 0 Å². The molecule has 1 aliphatic carbocycles. The number of aliphatic hydroxyl groups is 1. The number of aromatic nitrogens is 1. The number of nitrogens with zero attached hydrogens (tertiary/aromatic N) is 1. The molecular formula is C14H17NO2. The van der Waals surface area contributed by atoms with Crippen molar-refractivity contribution in [2.75, 3.05) is 0 Å². The summed E-state index contributed by atoms with van der Waals surface area (Å²) in [6.07, 6.45) is 3.87. The van der Waals surface area contributed by atoms with Crippen LogP contribution < -0.4 is 0 Å². The van der Waals surface area contributed by atoms with Gasteiger partial charge in [0.1, 0.15) is 5.52 Å². The Hall–Kier alpha value is -1.35. The second-order valence-corrected chi connectivity index (χ2v) is 4.97. The van der Waals surface area contributed by atoms with E-state index >= 15 is 0 Å². The normalized spacial score (nSPS) is 25.3. The third kappa shape index (κ3) is 2.07. The van der Waals surface area contributed by atoms with Gasteiger partial charge in [0.2, 0.25) is 0 Å². The predicted molar refractivity (Wildman–Crippen MR) is 66.0 cm³/mol. The number of benzene rings is 1. The van der Waals surface area contributed by atoms with Gasteiger partial charge < -0.3 is 9.52 Å². The Morgan fingerprint density at radius 2 is 2.00 bits per heavy atom. The molecule has 1 heterocycles. The first kappa shape index (κ1) is 10.8. The molecule has 3 heteroatoms. The lowest BCUT2D eigenvalue weighted by Crippen LogP contribution is -2.16. The second kappa shape index (κ2) is 4.15. The number of rotatable bonds is 1. The van der Waals surface area contributed by atoms with Gasteiger partial charge in [0.05, 0.1) is 6.10 Å². The monoisotopic (exact) mass is 231 g/mol. The fourth-order valence-corrected chi connectivity index (χ4v) is 2.72. The summed E-state index contributed by atoms with van der Waals surface area (Å²) in [4.78, 5) is 4.30. The summed E-state index contributed by atoms with van der Waals surface area (Å²) in [6, 6.07) is 6.29. The summed E-state index contributed by atoms with van der Waals surface area (Å²) < 4.78 is 5.56. The van der Waals surface area contributed by atoms with E-state index in [1.54, 1.807) is 0 Å². The minimum Gasteiger partial charge on any atom is -0.441 e. The molecule has 0 radical (unpaired) electrons. The van der Waals surface area contributed by atoms with Crippen molar-refractivity contribution >= 4 is 11.1 Å². The quantitative estimate of drug-likeness (QED) is 0.820. The van der Waals surface area contributed by atoms with Gasteiger partial charge in [-0.25, -0.2) is 4.98 Å². The molecule has 3 rings (SSSR count). The third-order valence-electron chi connectivity index (χ3n) is 3.69. The van der Waals surface area contributed by atoms with E-state index in [9.17, 15) is 5.11 Å². The maximum absolute atomic E-state index is 9.52. The lowest BCUT2D eigenvalue weighted by molar-refractivity contribution is 0.122. The molecule has 1 N–H and O–H groups in total. The highest BCUT2D eigenvalue weighted by Crippen LogP contribution is 2.34. The molecule has 0 atom stereocenters. The first-order valence-electron chi connectivity index (χ1n) is 6.27. The molecule has 0 unspecified atom stereocenters. The van der Waals surface area contributed by atoms with E-state index in [2.05, 4.69) is 17.1 Å². The number of aryl methyl sites for hydroxylation is 1. The highest BCUT2D eigenvalue weighted by molar-refractivity contribution is 5.73. The average Bonchev–Trinajstić information content (AvgIpc) is 2.69. The zero-order valence-corrected chi connectivity index (χ0v) is 10.0. The smallest absolute Gasteiger partial charge is 0.192 e. The molecule has 17 heavy (non-hydrogen) atoms. The first-order chi connectivity index (χ1) is 8.22. The number of aliphatic hydroxyl groups excluding tert-OH is 1. The van der Waals surface area contributed by atoms with Gasteiger partial charge in [0, 0.05) is 6.92 Å². The minimum atomic E-state index is -0.0949. The van der Waals surface area contributed by atoms with Crippen LogP contribution in [0, 0.1) is 6.92 Å². The van der Waals surface area contributed by atoms with Crippen LogP contribution >= 0.6 is 0 Å². The molecule has 0 bridgehead atoms. The largest absolute Gasteiger partial charge is 0.441 e. The van der Waals surface area contributed by atoms with Crippen LogP contribution in [-0.4, -0.2) is 16.2 Å². The molecule has 0 saturated heterocycles. The van der Waals surface area contributed by atoms with Crippen molar-refractivity contribution in [1.82, 2.24) is 4.98 Å². The Morgan fingerprint density at radius 3 is 2.76 bits per heavy atom. The maximum Gasteiger partial charge on any atom is 0.192 e. The van der Waals surface area contributed by atoms with E-state index in [1.165, 1.54) is 5.56 Å². The van der Waals surface area contributed by atoms with Crippen molar-refractivity contribution < 1.29 is 9.52 Å². The number of fused-ring (bicyclic) bond motifs is 1. The lowest BCUT2D eigenvalue weighted by atomic mass is 9.83. The van der Waals surface area contributed by atoms with Crippen LogP contribution in [0.15, 0.2) is 22.6 Å². The summed E-state index contributed by atoms with van der Waals surface area (Å²) >= 11 is 0. The van der Waals surface area contributed by atoms with Crippen molar-refractivity contribution in [3.8, 4) is 0 Å². The molecule has 1 aliphatic rings. The third-order valence-corrected chi connectivity index (χ3v) is 3.69. The number of hydrogen-bond acceptors (Lipinski definition) is 3. The van der Waals surface area contributed by atoms with Gasteiger partial charge in [-0.3, -0.25) is 0 Å². The summed E-state index contributed by atoms with van der Waals surface area (Å²) in [5.41, 5.74) is 3.13. The van der Waals surface area contributed by atoms with Gasteiger partial charge in [0.25, 0.3) is 0 Å². The summed E-state index contributed by atoms with van der Waals surface area (Å²) in [5.74, 6) is 1.28. The average molecular weight is 231 g/mol. The molecule has 0 aliphatic heterocycles. The van der Waals surface area contributed by atoms with Crippen molar-refractivity contribution in [2.45, 2.75) is 44.6 Å². The zero-order chi connectivity index (χ0) is 11.8. The topological polar surface area (TPSA) is 46.3 Å². The van der Waals surface area contributed by atoms with Gasteiger partial charge in [-0.15, -0.1) is 0 Å². The van der Waals surface area contributed by atoms with E-state index in [4.69, 9.17) is 4.42 Å². The fourth-order valence-electron chi connectivity index (χ4n) is 2.72. The van der Waals surface area contributed by atoms with Crippen molar-refractivity contribution in [3.63, 3.8) is 0 Å². The minimum absolute atomic E-state index is 0.0949. The van der Waals surface area contributed by atoms with E-state index in [1.807, 2.05) is 13.0 Å². The SMILES string of the molecule is Cc1nc2ccc(C3CCC(O)CC3)cc2o1. The van der Waals surface area contributed by atoms with Crippen LogP contribution in [0.3, 0.4) is 0 Å². The molecule has 2 aromatic rings. The summed E-state index contributed by atoms with van der Waals surface area (Å²) in [6.45, 7) is 1.87. The zero-order valence-electron chi connectivity index (χ0n) is 10.0. The van der Waals surface area contributed by atoms with Crippen molar-refractivity contribution in [2.24, 2.45) is 0 Å². The lowest BCUT2D eigenvalue weighted by Gasteiger charge is -2.25. The molecule has 90 valence electrons. The van der Waals surface area contributed by atoms with Gasteiger partial charge in [0.15, 0.2) is 11.5 Å². The van der Waals surface area contributed by atoms with Gasteiger partial charge >= 0.3 is 0 Å². The van der Waals surface area contributed by atoms with E-state index in [0.717, 1.165) is 42.7 Å². The van der Waals surface area contributed by atoms with E-state index in [0.29, 0.717) is 5.92 Å². The second-order valence-electron chi connectivity index (χ2n) is 4.97. The molecule has 3 nitrogen and oxygen atoms in total. The highest BCUT2D eigenvalue weighted by Gasteiger charge is 2.21. The maximum atomic E-state index is 9.52. The fraction of sp³-hybridized carbons (Fsp3) is 0.500. The molecule has 1 aromatic carbocycles. The molecule has 0 spiro atoms. The molecule has 0 amide bonds. The Kier molecular flexibility index (Phi) is 2.63. The van der Waals surface area contributed by atoms with Crippen molar-refractivity contribution in [3.05, 3.63) is 29.7 Å². The summed E-state index contributed by atoms with van der Waals surface area (Å²) in [5, 5.41) is 9.52. The molecule has 1 aromatic heterocycles. The van der Waals surface area contributed by atoms with Gasteiger partial charge in [-0.05, 0) is 49.3 Å². The predicted octanol–water partition coefficient (Wildman–Crippen LogP) is 3.15. The Balaban J connectivity index is 1.89. The highest BCUT2D eigenvalue weighted by atomic mass is 16.3. The number of oxazole rings is 1. The first-order valence-corrected chi connectivity index (χ1v) is 6.27. The Labute approximate surface area is 100 Å². The molecule has 1 fully saturated rings. The summed E-state index contributed by atoms with van der Waals surface area (Å²) in [7, 11) is 0. The van der Waals surface area contributed by atoms with Crippen LogP contribution in [0.4, 0.5) is 0 Å². The van der Waals surface area contributed by atoms with Crippen LogP contribution in [0.1, 0.15) is 43.1 Å². The van der Waals surface area contributed by atoms with Gasteiger partial charge in [-0.2, -0.15) is 0 Å². The van der Waals surface area contributed by atoms with E-state index in [-0.39, 0.29) is 6.10 Å². The van der Waals surface area contributed by atoms with E-state index < -0.39 is 0 Å². The number of hydrogen-bond donors (Lipinski definition) is 1. The molecular weight excluding hydrogens is 214 g/mol. The standard InChI is InChI=1S/C14H17NO2/c1-9-15-13-7-4-11(8-14(13)17-9)10-2-5-12(16)6-3-10/h4,7-8,10,12,16H,2-3,5-6H2,1H3. The van der Waals surface area contributed by atoms with Gasteiger partial charge in [-0.1, -0.05) is 6.07 Å². The van der Waals surface area contributed by atoms with Crippen LogP contribution in [0.2, 0.25) is 0 Å². The van der Waals surface area contributed by atoms with Crippen molar-refractivity contribution in [1.29, 1.82) is 0 Å². The van der Waals surface area contributed by atoms with Crippen LogP contribution in [0.25, 0.3) is 11.1 Å². The Bertz CT molecular complexity index is 524.